The fraction of sp³-hybridized carbons (Fsp3) is 0.269. The lowest BCUT2D eigenvalue weighted by Crippen LogP contribution is -2.36. The smallest absolute Gasteiger partial charge is 0.226 e. The maximum absolute atomic E-state index is 13.4. The van der Waals surface area contributed by atoms with E-state index in [1.807, 2.05) is 65.4 Å². The molecule has 1 aliphatic carbocycles. The van der Waals surface area contributed by atoms with Gasteiger partial charge < -0.3 is 4.90 Å². The Hall–Kier alpha value is -3.25. The summed E-state index contributed by atoms with van der Waals surface area (Å²) in [5.41, 5.74) is 3.27. The number of para-hydroxylation sites is 1. The molecule has 162 valence electrons. The fourth-order valence-corrected chi connectivity index (χ4v) is 5.53. The lowest BCUT2D eigenvalue weighted by atomic mass is 9.82. The van der Waals surface area contributed by atoms with Crippen LogP contribution in [0.15, 0.2) is 79.1 Å². The monoisotopic (exact) mass is 442 g/mol. The van der Waals surface area contributed by atoms with Crippen LogP contribution >= 0.6 is 11.3 Å². The minimum absolute atomic E-state index is 0.0788. The average molecular weight is 443 g/mol. The quantitative estimate of drug-likeness (QED) is 0.383. The van der Waals surface area contributed by atoms with Gasteiger partial charge in [0.1, 0.15) is 0 Å². The normalized spacial score (nSPS) is 18.2. The SMILES string of the molecule is CN(Cc1cnn(Cc2ccccc2)c1)C(=O)[C@@H]1CC=CC[C@@H]1c1nc2ccccc2s1. The van der Waals surface area contributed by atoms with Gasteiger partial charge in [-0.2, -0.15) is 5.10 Å². The zero-order valence-electron chi connectivity index (χ0n) is 18.1. The molecule has 5 nitrogen and oxygen atoms in total. The molecule has 0 spiro atoms. The number of amides is 1. The molecule has 0 saturated heterocycles. The van der Waals surface area contributed by atoms with Crippen LogP contribution in [-0.4, -0.2) is 32.6 Å². The van der Waals surface area contributed by atoms with Crippen molar-refractivity contribution in [1.29, 1.82) is 0 Å². The lowest BCUT2D eigenvalue weighted by molar-refractivity contribution is -0.135. The van der Waals surface area contributed by atoms with E-state index in [4.69, 9.17) is 4.98 Å². The number of fused-ring (bicyclic) bond motifs is 1. The fourth-order valence-electron chi connectivity index (χ4n) is 4.39. The standard InChI is InChI=1S/C26H26N4OS/c1-29(16-20-15-27-30(18-20)17-19-9-3-2-4-10-19)26(31)22-12-6-5-11-21(22)25-28-23-13-7-8-14-24(23)32-25/h2-10,13-15,18,21-22H,11-12,16-17H2,1H3/t21-,22+/m0/s1. The second kappa shape index (κ2) is 9.09. The minimum atomic E-state index is -0.0788. The third-order valence-electron chi connectivity index (χ3n) is 6.05. The van der Waals surface area contributed by atoms with E-state index in [-0.39, 0.29) is 17.7 Å². The number of carbonyl (C=O) groups is 1. The number of thiazole rings is 1. The predicted molar refractivity (Wildman–Crippen MR) is 128 cm³/mol. The molecule has 0 fully saturated rings. The van der Waals surface area contributed by atoms with Gasteiger partial charge in [0, 0.05) is 31.3 Å². The zero-order chi connectivity index (χ0) is 21.9. The van der Waals surface area contributed by atoms with Crippen molar-refractivity contribution in [2.75, 3.05) is 7.05 Å². The van der Waals surface area contributed by atoms with Gasteiger partial charge in [0.15, 0.2) is 0 Å². The van der Waals surface area contributed by atoms with Crippen LogP contribution in [0.2, 0.25) is 0 Å². The van der Waals surface area contributed by atoms with Gasteiger partial charge >= 0.3 is 0 Å². The van der Waals surface area contributed by atoms with Gasteiger partial charge in [-0.1, -0.05) is 54.6 Å². The van der Waals surface area contributed by atoms with Gasteiger partial charge in [0.25, 0.3) is 0 Å². The van der Waals surface area contributed by atoms with Crippen LogP contribution in [0.5, 0.6) is 0 Å². The molecule has 4 aromatic rings. The molecule has 1 amide bonds. The number of rotatable bonds is 6. The summed E-state index contributed by atoms with van der Waals surface area (Å²) >= 11 is 1.72. The Kier molecular flexibility index (Phi) is 5.86. The Morgan fingerprint density at radius 2 is 1.84 bits per heavy atom. The summed E-state index contributed by atoms with van der Waals surface area (Å²) in [6.07, 6.45) is 9.84. The van der Waals surface area contributed by atoms with E-state index in [1.165, 1.54) is 10.3 Å². The molecular formula is C26H26N4OS. The van der Waals surface area contributed by atoms with Gasteiger partial charge in [-0.15, -0.1) is 11.3 Å². The Morgan fingerprint density at radius 3 is 2.69 bits per heavy atom. The molecule has 1 aliphatic rings. The van der Waals surface area contributed by atoms with E-state index >= 15 is 0 Å². The van der Waals surface area contributed by atoms with Crippen LogP contribution in [0.25, 0.3) is 10.2 Å². The van der Waals surface area contributed by atoms with Crippen molar-refractivity contribution >= 4 is 27.5 Å². The Bertz CT molecular complexity index is 1210. The van der Waals surface area contributed by atoms with Gasteiger partial charge in [0.2, 0.25) is 5.91 Å². The summed E-state index contributed by atoms with van der Waals surface area (Å²) in [7, 11) is 1.89. The molecule has 0 radical (unpaired) electrons. The average Bonchev–Trinajstić information content (AvgIpc) is 3.46. The van der Waals surface area contributed by atoms with Crippen molar-refractivity contribution in [2.24, 2.45) is 5.92 Å². The molecule has 2 aromatic heterocycles. The minimum Gasteiger partial charge on any atom is -0.341 e. The molecule has 2 aromatic carbocycles. The second-order valence-corrected chi connectivity index (χ2v) is 9.46. The molecule has 6 heteroatoms. The van der Waals surface area contributed by atoms with Crippen molar-refractivity contribution in [3.8, 4) is 0 Å². The zero-order valence-corrected chi connectivity index (χ0v) is 18.9. The van der Waals surface area contributed by atoms with Crippen LogP contribution in [0.3, 0.4) is 0 Å². The van der Waals surface area contributed by atoms with Gasteiger partial charge in [-0.05, 0) is 30.5 Å². The van der Waals surface area contributed by atoms with Gasteiger partial charge in [-0.3, -0.25) is 9.48 Å². The van der Waals surface area contributed by atoms with Crippen LogP contribution in [-0.2, 0) is 17.9 Å². The van der Waals surface area contributed by atoms with Crippen molar-refractivity contribution in [2.45, 2.75) is 31.8 Å². The van der Waals surface area contributed by atoms with E-state index < -0.39 is 0 Å². The van der Waals surface area contributed by atoms with E-state index in [0.29, 0.717) is 6.54 Å². The summed E-state index contributed by atoms with van der Waals surface area (Å²) < 4.78 is 3.11. The largest absolute Gasteiger partial charge is 0.341 e. The van der Waals surface area contributed by atoms with E-state index in [9.17, 15) is 4.79 Å². The maximum atomic E-state index is 13.4. The van der Waals surface area contributed by atoms with Crippen molar-refractivity contribution in [3.05, 3.63) is 95.3 Å². The topological polar surface area (TPSA) is 51.0 Å². The molecule has 0 saturated carbocycles. The lowest BCUT2D eigenvalue weighted by Gasteiger charge is -2.29. The number of nitrogens with zero attached hydrogens (tertiary/aromatic N) is 4. The third-order valence-corrected chi connectivity index (χ3v) is 7.22. The van der Waals surface area contributed by atoms with Crippen LogP contribution in [0.4, 0.5) is 0 Å². The first-order chi connectivity index (χ1) is 15.7. The third kappa shape index (κ3) is 4.36. The highest BCUT2D eigenvalue weighted by Crippen LogP contribution is 2.39. The molecule has 5 rings (SSSR count). The predicted octanol–water partition coefficient (Wildman–Crippen LogP) is 5.25. The number of hydrogen-bond acceptors (Lipinski definition) is 4. The van der Waals surface area contributed by atoms with Crippen molar-refractivity contribution < 1.29 is 4.79 Å². The van der Waals surface area contributed by atoms with E-state index in [2.05, 4.69) is 35.4 Å². The summed E-state index contributed by atoms with van der Waals surface area (Å²) in [5, 5.41) is 5.55. The van der Waals surface area contributed by atoms with Crippen molar-refractivity contribution in [3.63, 3.8) is 0 Å². The first-order valence-electron chi connectivity index (χ1n) is 11.0. The molecule has 0 aliphatic heterocycles. The summed E-state index contributed by atoms with van der Waals surface area (Å²) in [5.74, 6) is 0.229. The first-order valence-corrected chi connectivity index (χ1v) is 11.8. The molecule has 0 N–H and O–H groups in total. The summed E-state index contributed by atoms with van der Waals surface area (Å²) in [4.78, 5) is 20.1. The van der Waals surface area contributed by atoms with Crippen LogP contribution < -0.4 is 0 Å². The number of hydrogen-bond donors (Lipinski definition) is 0. The molecule has 2 atom stereocenters. The number of benzene rings is 2. The van der Waals surface area contributed by atoms with E-state index in [0.717, 1.165) is 35.5 Å². The van der Waals surface area contributed by atoms with Gasteiger partial charge in [0.05, 0.1) is 33.9 Å². The first kappa shape index (κ1) is 20.6. The maximum Gasteiger partial charge on any atom is 0.226 e. The Balaban J connectivity index is 1.28. The second-order valence-electron chi connectivity index (χ2n) is 8.40. The Labute approximate surface area is 192 Å². The molecule has 0 bridgehead atoms. The molecular weight excluding hydrogens is 416 g/mol. The molecule has 0 unspecified atom stereocenters. The molecule has 2 heterocycles. The highest BCUT2D eigenvalue weighted by molar-refractivity contribution is 7.18. The van der Waals surface area contributed by atoms with Crippen molar-refractivity contribution in [1.82, 2.24) is 19.7 Å². The highest BCUT2D eigenvalue weighted by Gasteiger charge is 2.34. The van der Waals surface area contributed by atoms with Crippen LogP contribution in [0, 0.1) is 5.92 Å². The number of aromatic nitrogens is 3. The van der Waals surface area contributed by atoms with Crippen LogP contribution in [0.1, 0.15) is 34.9 Å². The van der Waals surface area contributed by atoms with E-state index in [1.54, 1.807) is 11.3 Å². The Morgan fingerprint density at radius 1 is 1.06 bits per heavy atom. The molecule has 32 heavy (non-hydrogen) atoms. The number of carbonyl (C=O) groups excluding carboxylic acids is 1. The highest BCUT2D eigenvalue weighted by atomic mass is 32.1. The summed E-state index contributed by atoms with van der Waals surface area (Å²) in [6, 6.07) is 18.5. The number of allylic oxidation sites excluding steroid dienone is 2. The summed E-state index contributed by atoms with van der Waals surface area (Å²) in [6.45, 7) is 1.28. The van der Waals surface area contributed by atoms with Gasteiger partial charge in [-0.25, -0.2) is 4.98 Å².